The first-order chi connectivity index (χ1) is 30.2. The Kier molecular flexibility index (Phi) is 19.2. The molecule has 334 valence electrons. The third-order valence-electron chi connectivity index (χ3n) is 9.20. The van der Waals surface area contributed by atoms with Crippen LogP contribution < -0.4 is 60.3 Å². The van der Waals surface area contributed by atoms with Gasteiger partial charge in [0.1, 0.15) is 0 Å². The van der Waals surface area contributed by atoms with Gasteiger partial charge in [-0.1, -0.05) is 36.4 Å². The van der Waals surface area contributed by atoms with E-state index in [1.807, 2.05) is 9.80 Å². The van der Waals surface area contributed by atoms with Gasteiger partial charge in [-0.3, -0.25) is 38.6 Å². The molecule has 2 aliphatic heterocycles. The van der Waals surface area contributed by atoms with Gasteiger partial charge >= 0.3 is 0 Å². The van der Waals surface area contributed by atoms with Crippen LogP contribution in [-0.4, -0.2) is 163 Å². The molecule has 0 aromatic heterocycles. The fraction of sp³-hybridized carbons (Fsp3) is 0.429. The van der Waals surface area contributed by atoms with E-state index < -0.39 is 0 Å². The molecule has 6 amide bonds. The molecule has 20 nitrogen and oxygen atoms in total. The lowest BCUT2D eigenvalue weighted by Crippen LogP contribution is -2.44. The molecule has 0 saturated heterocycles. The van der Waals surface area contributed by atoms with Crippen molar-refractivity contribution in [2.75, 3.05) is 118 Å². The van der Waals surface area contributed by atoms with Crippen LogP contribution in [0.25, 0.3) is 0 Å². The van der Waals surface area contributed by atoms with Crippen LogP contribution in [0.1, 0.15) is 0 Å². The molecule has 62 heavy (non-hydrogen) atoms. The molecule has 0 aliphatic carbocycles. The standard InChI is InChI=1S/C42H54N8O12/c51-37-25-57-31-7-1-2-8-32(31)58-26-38(52)44-14-20-49(19-13-43-37)23-17-47-41(55)29-61-35-11-5-6-12-36(35)62-30-42(56)48-18-24-50-21-15-45-39(53)27-59-33-9-3-4-10-34(33)60-28-40(54)46-16-22-50/h1-12H,13-30H2,(H,43,51)(H,44,52)(H,45,53)(H,46,54)(H,47,55)(H,48,56). The van der Waals surface area contributed by atoms with Gasteiger partial charge in [-0.15, -0.1) is 0 Å². The molecule has 0 bridgehead atoms. The van der Waals surface area contributed by atoms with E-state index in [1.165, 1.54) is 0 Å². The Morgan fingerprint density at radius 3 is 1.08 bits per heavy atom. The van der Waals surface area contributed by atoms with Crippen LogP contribution in [0.3, 0.4) is 0 Å². The number of amides is 6. The molecule has 3 aromatic rings. The van der Waals surface area contributed by atoms with Crippen molar-refractivity contribution in [1.29, 1.82) is 0 Å². The molecule has 0 fully saturated rings. The maximum Gasteiger partial charge on any atom is 0.257 e. The Bertz CT molecular complexity index is 1730. The van der Waals surface area contributed by atoms with Crippen LogP contribution in [0.2, 0.25) is 0 Å². The number of para-hydroxylation sites is 6. The molecule has 0 saturated carbocycles. The number of ether oxygens (including phenoxy) is 6. The molecule has 0 unspecified atom stereocenters. The smallest absolute Gasteiger partial charge is 0.257 e. The van der Waals surface area contributed by atoms with Gasteiger partial charge in [0.2, 0.25) is 0 Å². The predicted octanol–water partition coefficient (Wildman–Crippen LogP) is -1.31. The lowest BCUT2D eigenvalue weighted by atomic mass is 10.3. The minimum Gasteiger partial charge on any atom is -0.480 e. The van der Waals surface area contributed by atoms with Crippen LogP contribution in [0.5, 0.6) is 34.5 Å². The van der Waals surface area contributed by atoms with Gasteiger partial charge in [0.05, 0.1) is 0 Å². The number of hydrogen-bond donors (Lipinski definition) is 6. The molecule has 20 heteroatoms. The van der Waals surface area contributed by atoms with Gasteiger partial charge in [-0.25, -0.2) is 0 Å². The number of benzene rings is 3. The monoisotopic (exact) mass is 862 g/mol. The van der Waals surface area contributed by atoms with Gasteiger partial charge in [-0.05, 0) is 36.4 Å². The van der Waals surface area contributed by atoms with Crippen molar-refractivity contribution in [1.82, 2.24) is 41.7 Å². The lowest BCUT2D eigenvalue weighted by molar-refractivity contribution is -0.124. The molecule has 3 aromatic carbocycles. The van der Waals surface area contributed by atoms with Crippen molar-refractivity contribution in [2.24, 2.45) is 0 Å². The van der Waals surface area contributed by atoms with Crippen LogP contribution in [0, 0.1) is 0 Å². The number of nitrogens with one attached hydrogen (secondary N) is 6. The van der Waals surface area contributed by atoms with Crippen molar-refractivity contribution in [3.05, 3.63) is 72.8 Å². The number of carbonyl (C=O) groups is 6. The van der Waals surface area contributed by atoms with Crippen molar-refractivity contribution >= 4 is 35.4 Å². The summed E-state index contributed by atoms with van der Waals surface area (Å²) in [4.78, 5) is 79.0. The number of rotatable bonds is 12. The SMILES string of the molecule is O=C(COc1ccccc1OCC(=O)NCCN1CCNC(=O)COc2ccccc2OCC(=O)NCC1)NCCN1CCNC(=O)COc2ccccc2OCC(=O)NCC1. The average Bonchev–Trinajstić information content (AvgIpc) is 3.28. The van der Waals surface area contributed by atoms with Gasteiger partial charge in [-0.2, -0.15) is 0 Å². The van der Waals surface area contributed by atoms with Gasteiger partial charge < -0.3 is 60.3 Å². The van der Waals surface area contributed by atoms with Gasteiger partial charge in [0.25, 0.3) is 35.4 Å². The van der Waals surface area contributed by atoms with E-state index in [2.05, 4.69) is 31.9 Å². The minimum atomic E-state index is -0.388. The van der Waals surface area contributed by atoms with Crippen molar-refractivity contribution in [2.45, 2.75) is 0 Å². The number of carbonyl (C=O) groups excluding carboxylic acids is 6. The molecule has 5 rings (SSSR count). The fourth-order valence-electron chi connectivity index (χ4n) is 6.02. The first-order valence-corrected chi connectivity index (χ1v) is 20.3. The zero-order valence-electron chi connectivity index (χ0n) is 34.4. The second-order valence-corrected chi connectivity index (χ2v) is 13.9. The molecule has 0 radical (unpaired) electrons. The van der Waals surface area contributed by atoms with E-state index in [4.69, 9.17) is 28.4 Å². The summed E-state index contributed by atoms with van der Waals surface area (Å²) in [6, 6.07) is 20.3. The lowest BCUT2D eigenvalue weighted by Gasteiger charge is -2.23. The molecule has 6 N–H and O–H groups in total. The Balaban J connectivity index is 0.996. The summed E-state index contributed by atoms with van der Waals surface area (Å²) >= 11 is 0. The summed E-state index contributed by atoms with van der Waals surface area (Å²) in [5.41, 5.74) is 0. The summed E-state index contributed by atoms with van der Waals surface area (Å²) < 4.78 is 33.8. The minimum absolute atomic E-state index is 0.220. The summed E-state index contributed by atoms with van der Waals surface area (Å²) in [7, 11) is 0. The largest absolute Gasteiger partial charge is 0.480 e. The van der Waals surface area contributed by atoms with E-state index in [9.17, 15) is 28.8 Å². The summed E-state index contributed by atoms with van der Waals surface area (Å²) in [5, 5.41) is 16.9. The fourth-order valence-corrected chi connectivity index (χ4v) is 6.02. The van der Waals surface area contributed by atoms with Crippen LogP contribution >= 0.6 is 0 Å². The molecule has 2 aliphatic rings. The maximum absolute atomic E-state index is 12.7. The van der Waals surface area contributed by atoms with E-state index in [-0.39, 0.29) is 99.7 Å². The first-order valence-electron chi connectivity index (χ1n) is 20.3. The van der Waals surface area contributed by atoms with Gasteiger partial charge in [0.15, 0.2) is 74.1 Å². The topological polar surface area (TPSA) is 236 Å². The zero-order valence-corrected chi connectivity index (χ0v) is 34.4. The quantitative estimate of drug-likeness (QED) is 0.124. The number of fused-ring (bicyclic) bond motifs is 2. The van der Waals surface area contributed by atoms with Crippen LogP contribution in [-0.2, 0) is 28.8 Å². The maximum atomic E-state index is 12.7. The van der Waals surface area contributed by atoms with Crippen LogP contribution in [0.15, 0.2) is 72.8 Å². The Morgan fingerprint density at radius 1 is 0.484 bits per heavy atom. The van der Waals surface area contributed by atoms with Crippen LogP contribution in [0.4, 0.5) is 0 Å². The van der Waals surface area contributed by atoms with E-state index in [1.54, 1.807) is 72.8 Å². The highest BCUT2D eigenvalue weighted by molar-refractivity contribution is 5.80. The highest BCUT2D eigenvalue weighted by Crippen LogP contribution is 2.28. The van der Waals surface area contributed by atoms with E-state index in [0.29, 0.717) is 88.4 Å². The van der Waals surface area contributed by atoms with Gasteiger partial charge in [0, 0.05) is 78.5 Å². The normalized spacial score (nSPS) is 16.5. The van der Waals surface area contributed by atoms with E-state index >= 15 is 0 Å². The zero-order chi connectivity index (χ0) is 43.8. The van der Waals surface area contributed by atoms with E-state index in [0.717, 1.165) is 0 Å². The Hall–Kier alpha value is -6.80. The molecular weight excluding hydrogens is 809 g/mol. The van der Waals surface area contributed by atoms with Crippen molar-refractivity contribution < 1.29 is 57.2 Å². The average molecular weight is 863 g/mol. The Labute approximate surface area is 359 Å². The summed E-state index contributed by atoms with van der Waals surface area (Å²) in [6.45, 7) is 3.01. The Morgan fingerprint density at radius 2 is 0.774 bits per heavy atom. The third-order valence-corrected chi connectivity index (χ3v) is 9.20. The molecule has 2 heterocycles. The predicted molar refractivity (Wildman–Crippen MR) is 223 cm³/mol. The van der Waals surface area contributed by atoms with Crippen molar-refractivity contribution in [3.8, 4) is 34.5 Å². The second kappa shape index (κ2) is 25.7. The highest BCUT2D eigenvalue weighted by Gasteiger charge is 2.16. The second-order valence-electron chi connectivity index (χ2n) is 13.9. The summed E-state index contributed by atoms with van der Waals surface area (Å²) in [5.74, 6) is -0.0523. The molecule has 0 spiro atoms. The molecular formula is C42H54N8O12. The number of hydrogen-bond acceptors (Lipinski definition) is 14. The molecule has 0 atom stereocenters. The third kappa shape index (κ3) is 17.1. The highest BCUT2D eigenvalue weighted by atomic mass is 16.5. The summed E-state index contributed by atoms with van der Waals surface area (Å²) in [6.07, 6.45) is 0. The van der Waals surface area contributed by atoms with Crippen molar-refractivity contribution in [3.63, 3.8) is 0 Å². The number of nitrogens with zero attached hydrogens (tertiary/aromatic N) is 2. The first kappa shape index (κ1) is 46.3.